The highest BCUT2D eigenvalue weighted by Crippen LogP contribution is 2.41. The predicted octanol–water partition coefficient (Wildman–Crippen LogP) is 4.74. The molecule has 1 aromatic carbocycles. The maximum absolute atomic E-state index is 13.8. The molecule has 0 aliphatic carbocycles. The van der Waals surface area contributed by atoms with Crippen LogP contribution in [0.1, 0.15) is 31.0 Å². The van der Waals surface area contributed by atoms with E-state index in [-0.39, 0.29) is 16.6 Å². The minimum Gasteiger partial charge on any atom is -0.506 e. The largest absolute Gasteiger partial charge is 0.506 e. The summed E-state index contributed by atoms with van der Waals surface area (Å²) in [5, 5.41) is 34.0. The Morgan fingerprint density at radius 3 is 2.39 bits per heavy atom. The number of rotatable bonds is 10. The Labute approximate surface area is 198 Å². The standard InChI is InChI=1S/C25H31ClF2N2O3/c1-5-9-18(24(27)28)13-25(33,22-21(31)12-19(26)14-29-22)23(32)20(15-30(3)4)16(2)17-10-7-6-8-11-17/h5-14,16,20,23-24,31-33H,15H2,1-4H3/b9-5-,18-13+/t16-,20-,23-,25?/m1/s1. The Kier molecular flexibility index (Phi) is 9.55. The zero-order chi connectivity index (χ0) is 24.8. The molecule has 180 valence electrons. The van der Waals surface area contributed by atoms with Gasteiger partial charge in [-0.2, -0.15) is 0 Å². The zero-order valence-corrected chi connectivity index (χ0v) is 19.9. The van der Waals surface area contributed by atoms with Crippen molar-refractivity contribution in [2.75, 3.05) is 20.6 Å². The van der Waals surface area contributed by atoms with E-state index in [1.165, 1.54) is 12.3 Å². The lowest BCUT2D eigenvalue weighted by atomic mass is 9.75. The van der Waals surface area contributed by atoms with Gasteiger partial charge in [0.2, 0.25) is 0 Å². The number of nitrogens with zero attached hydrogens (tertiary/aromatic N) is 2. The first-order valence-electron chi connectivity index (χ1n) is 10.6. The van der Waals surface area contributed by atoms with Gasteiger partial charge in [0.15, 0.2) is 5.60 Å². The highest BCUT2D eigenvalue weighted by atomic mass is 35.5. The van der Waals surface area contributed by atoms with Gasteiger partial charge in [-0.1, -0.05) is 61.0 Å². The summed E-state index contributed by atoms with van der Waals surface area (Å²) in [4.78, 5) is 5.86. The highest BCUT2D eigenvalue weighted by Gasteiger charge is 2.46. The van der Waals surface area contributed by atoms with Crippen molar-refractivity contribution in [1.29, 1.82) is 0 Å². The molecule has 8 heteroatoms. The zero-order valence-electron chi connectivity index (χ0n) is 19.2. The number of aromatic hydroxyl groups is 1. The van der Waals surface area contributed by atoms with E-state index in [1.54, 1.807) is 6.92 Å². The average Bonchev–Trinajstić information content (AvgIpc) is 2.76. The van der Waals surface area contributed by atoms with E-state index >= 15 is 0 Å². The number of alkyl halides is 2. The molecule has 0 saturated carbocycles. The third-order valence-electron chi connectivity index (χ3n) is 5.61. The molecule has 0 fully saturated rings. The molecule has 0 aliphatic heterocycles. The second kappa shape index (κ2) is 11.7. The van der Waals surface area contributed by atoms with Crippen LogP contribution in [0.4, 0.5) is 8.78 Å². The number of hydrogen-bond donors (Lipinski definition) is 3. The average molecular weight is 481 g/mol. The quantitative estimate of drug-likeness (QED) is 0.428. The molecule has 4 atom stereocenters. The fourth-order valence-corrected chi connectivity index (χ4v) is 4.10. The Hall–Kier alpha value is -2.32. The van der Waals surface area contributed by atoms with Gasteiger partial charge in [0.25, 0.3) is 6.43 Å². The van der Waals surface area contributed by atoms with Crippen LogP contribution in [0, 0.1) is 5.92 Å². The monoisotopic (exact) mass is 480 g/mol. The van der Waals surface area contributed by atoms with Gasteiger partial charge >= 0.3 is 0 Å². The van der Waals surface area contributed by atoms with E-state index in [9.17, 15) is 24.1 Å². The number of allylic oxidation sites excluding steroid dienone is 3. The lowest BCUT2D eigenvalue weighted by Crippen LogP contribution is -2.48. The third-order valence-corrected chi connectivity index (χ3v) is 5.82. The molecular weight excluding hydrogens is 450 g/mol. The van der Waals surface area contributed by atoms with E-state index < -0.39 is 35.4 Å². The van der Waals surface area contributed by atoms with Crippen LogP contribution >= 0.6 is 11.6 Å². The fraction of sp³-hybridized carbons (Fsp3) is 0.400. The third kappa shape index (κ3) is 6.60. The van der Waals surface area contributed by atoms with Crippen LogP contribution in [0.15, 0.2) is 66.4 Å². The second-order valence-corrected chi connectivity index (χ2v) is 8.80. The van der Waals surface area contributed by atoms with E-state index in [4.69, 9.17) is 11.6 Å². The Bertz CT molecular complexity index is 969. The van der Waals surface area contributed by atoms with Crippen LogP contribution in [-0.4, -0.2) is 58.4 Å². The number of hydrogen-bond acceptors (Lipinski definition) is 5. The predicted molar refractivity (Wildman–Crippen MR) is 127 cm³/mol. The molecule has 0 saturated heterocycles. The van der Waals surface area contributed by atoms with E-state index in [2.05, 4.69) is 4.98 Å². The minimum absolute atomic E-state index is 0.0992. The molecule has 0 amide bonds. The normalized spacial score (nSPS) is 17.4. The topological polar surface area (TPSA) is 76.8 Å². The number of aliphatic hydroxyl groups is 2. The maximum Gasteiger partial charge on any atom is 0.263 e. The highest BCUT2D eigenvalue weighted by molar-refractivity contribution is 6.30. The van der Waals surface area contributed by atoms with Gasteiger partial charge in [-0.25, -0.2) is 8.78 Å². The first-order valence-corrected chi connectivity index (χ1v) is 11.0. The van der Waals surface area contributed by atoms with Crippen molar-refractivity contribution in [3.8, 4) is 5.75 Å². The van der Waals surface area contributed by atoms with Crippen molar-refractivity contribution < 1.29 is 24.1 Å². The van der Waals surface area contributed by atoms with E-state index in [0.717, 1.165) is 23.8 Å². The molecule has 0 spiro atoms. The first-order chi connectivity index (χ1) is 15.5. The Morgan fingerprint density at radius 1 is 1.24 bits per heavy atom. The summed E-state index contributed by atoms with van der Waals surface area (Å²) >= 11 is 5.89. The van der Waals surface area contributed by atoms with Gasteiger partial charge in [-0.15, -0.1) is 0 Å². The van der Waals surface area contributed by atoms with Gasteiger partial charge in [-0.05, 0) is 38.6 Å². The van der Waals surface area contributed by atoms with Gasteiger partial charge in [-0.3, -0.25) is 4.98 Å². The van der Waals surface area contributed by atoms with Crippen molar-refractivity contribution in [3.05, 3.63) is 82.7 Å². The van der Waals surface area contributed by atoms with Crippen molar-refractivity contribution in [2.24, 2.45) is 5.92 Å². The molecule has 0 aliphatic rings. The van der Waals surface area contributed by atoms with Crippen LogP contribution in [0.3, 0.4) is 0 Å². The van der Waals surface area contributed by atoms with Gasteiger partial charge in [0.05, 0.1) is 11.1 Å². The van der Waals surface area contributed by atoms with Crippen molar-refractivity contribution >= 4 is 11.6 Å². The summed E-state index contributed by atoms with van der Waals surface area (Å²) in [6.07, 6.45) is 0.0859. The maximum atomic E-state index is 13.8. The lowest BCUT2D eigenvalue weighted by Gasteiger charge is -2.39. The van der Waals surface area contributed by atoms with E-state index in [1.807, 2.05) is 56.3 Å². The number of pyridine rings is 1. The van der Waals surface area contributed by atoms with Gasteiger partial charge in [0, 0.05) is 30.3 Å². The summed E-state index contributed by atoms with van der Waals surface area (Å²) < 4.78 is 27.5. The van der Waals surface area contributed by atoms with Crippen molar-refractivity contribution in [3.63, 3.8) is 0 Å². The van der Waals surface area contributed by atoms with Crippen LogP contribution in [0.25, 0.3) is 0 Å². The summed E-state index contributed by atoms with van der Waals surface area (Å²) in [5.41, 5.74) is -2.38. The summed E-state index contributed by atoms with van der Waals surface area (Å²) in [5.74, 6) is -1.40. The number of aliphatic hydroxyl groups excluding tert-OH is 1. The SMILES string of the molecule is C/C=C\C(=C/C(O)(c1ncc(Cl)cc1O)[C@H](O)[C@H](CN(C)C)[C@H](C)c1ccccc1)C(F)F. The summed E-state index contributed by atoms with van der Waals surface area (Å²) in [6.45, 7) is 3.79. The van der Waals surface area contributed by atoms with Crippen molar-refractivity contribution in [1.82, 2.24) is 9.88 Å². The fourth-order valence-electron chi connectivity index (χ4n) is 3.94. The number of halogens is 3. The summed E-state index contributed by atoms with van der Waals surface area (Å²) in [7, 11) is 3.63. The Morgan fingerprint density at radius 2 is 1.88 bits per heavy atom. The molecule has 3 N–H and O–H groups in total. The minimum atomic E-state index is -2.92. The number of aromatic nitrogens is 1. The lowest BCUT2D eigenvalue weighted by molar-refractivity contribution is -0.0867. The molecule has 1 unspecified atom stereocenters. The van der Waals surface area contributed by atoms with Crippen molar-refractivity contribution in [2.45, 2.75) is 37.9 Å². The first kappa shape index (κ1) is 26.9. The van der Waals surface area contributed by atoms with Gasteiger partial charge in [0.1, 0.15) is 11.4 Å². The Balaban J connectivity index is 2.72. The molecule has 2 rings (SSSR count). The molecule has 0 bridgehead atoms. The van der Waals surface area contributed by atoms with Crippen LogP contribution in [0.2, 0.25) is 5.02 Å². The molecule has 5 nitrogen and oxygen atoms in total. The van der Waals surface area contributed by atoms with Crippen LogP contribution in [0.5, 0.6) is 5.75 Å². The van der Waals surface area contributed by atoms with E-state index in [0.29, 0.717) is 6.54 Å². The molecule has 1 aromatic heterocycles. The smallest absolute Gasteiger partial charge is 0.263 e. The molecule has 0 radical (unpaired) electrons. The molecule has 1 heterocycles. The van der Waals surface area contributed by atoms with Crippen LogP contribution in [-0.2, 0) is 5.60 Å². The van der Waals surface area contributed by atoms with Gasteiger partial charge < -0.3 is 20.2 Å². The molecular formula is C25H31ClF2N2O3. The number of benzene rings is 1. The second-order valence-electron chi connectivity index (χ2n) is 8.36. The molecule has 33 heavy (non-hydrogen) atoms. The summed E-state index contributed by atoms with van der Waals surface area (Å²) in [6, 6.07) is 10.5. The molecule has 2 aromatic rings. The van der Waals surface area contributed by atoms with Crippen LogP contribution < -0.4 is 0 Å².